The molecule has 188 valence electrons. The second-order valence-corrected chi connectivity index (χ2v) is 8.81. The second kappa shape index (κ2) is 16.5. The van der Waals surface area contributed by atoms with Gasteiger partial charge in [-0.1, -0.05) is 12.1 Å². The molecule has 3 rings (SSSR count). The topological polar surface area (TPSA) is 67.4 Å². The first kappa shape index (κ1) is 28.1. The molecule has 1 aliphatic carbocycles. The summed E-state index contributed by atoms with van der Waals surface area (Å²) in [6.45, 7) is 9.50. The Labute approximate surface area is 217 Å². The van der Waals surface area contributed by atoms with Crippen LogP contribution in [0.3, 0.4) is 0 Å². The molecule has 1 aromatic rings. The van der Waals surface area contributed by atoms with Crippen LogP contribution in [-0.2, 0) is 16.0 Å². The van der Waals surface area contributed by atoms with Crippen molar-refractivity contribution >= 4 is 29.9 Å². The minimum Gasteiger partial charge on any atom is -0.492 e. The van der Waals surface area contributed by atoms with Crippen LogP contribution in [-0.4, -0.2) is 76.6 Å². The summed E-state index contributed by atoms with van der Waals surface area (Å²) in [5, 5.41) is 6.72. The Morgan fingerprint density at radius 2 is 1.97 bits per heavy atom. The highest BCUT2D eigenvalue weighted by Crippen LogP contribution is 2.28. The molecule has 0 aromatic heterocycles. The fourth-order valence-electron chi connectivity index (χ4n) is 3.78. The van der Waals surface area contributed by atoms with Gasteiger partial charge < -0.3 is 24.8 Å². The van der Waals surface area contributed by atoms with E-state index in [1.54, 1.807) is 0 Å². The summed E-state index contributed by atoms with van der Waals surface area (Å²) in [4.78, 5) is 7.12. The highest BCUT2D eigenvalue weighted by atomic mass is 127. The lowest BCUT2D eigenvalue weighted by Gasteiger charge is -2.31. The molecule has 33 heavy (non-hydrogen) atoms. The van der Waals surface area contributed by atoms with Gasteiger partial charge in [-0.2, -0.15) is 0 Å². The molecule has 0 radical (unpaired) electrons. The molecule has 2 aliphatic rings. The van der Waals surface area contributed by atoms with Gasteiger partial charge >= 0.3 is 0 Å². The van der Waals surface area contributed by atoms with Crippen molar-refractivity contribution in [2.24, 2.45) is 10.9 Å². The normalized spacial score (nSPS) is 17.0. The molecular formula is C25H43IN4O3. The molecule has 1 aliphatic heterocycles. The van der Waals surface area contributed by atoms with E-state index < -0.39 is 0 Å². The van der Waals surface area contributed by atoms with Crippen LogP contribution < -0.4 is 15.4 Å². The minimum atomic E-state index is 0. The molecule has 0 amide bonds. The predicted octanol–water partition coefficient (Wildman–Crippen LogP) is 3.67. The number of hydrogen-bond acceptors (Lipinski definition) is 5. The van der Waals surface area contributed by atoms with Crippen LogP contribution in [0, 0.1) is 5.92 Å². The highest BCUT2D eigenvalue weighted by molar-refractivity contribution is 14.0. The predicted molar refractivity (Wildman–Crippen MR) is 145 cm³/mol. The number of nitrogens with one attached hydrogen (secondary N) is 2. The summed E-state index contributed by atoms with van der Waals surface area (Å²) in [5.41, 5.74) is 1.14. The number of aliphatic imine (C=N–C) groups is 1. The standard InChI is InChI=1S/C25H42N4O3.HI/c1-3-26-25(27-12-5-14-31-20-21-8-9-21)28-19-22-6-4-7-24(18-22)32-17-13-29(2)23-10-15-30-16-11-23;/h4,6-7,18,21,23H,3,5,8-17,19-20H2,1-2H3,(H2,26,27,28);1H. The summed E-state index contributed by atoms with van der Waals surface area (Å²) in [6.07, 6.45) is 5.90. The van der Waals surface area contributed by atoms with Crippen molar-refractivity contribution in [3.63, 3.8) is 0 Å². The fraction of sp³-hybridized carbons (Fsp3) is 0.720. The number of halogens is 1. The summed E-state index contributed by atoms with van der Waals surface area (Å²) in [7, 11) is 2.18. The molecule has 0 spiro atoms. The van der Waals surface area contributed by atoms with E-state index in [0.29, 0.717) is 19.2 Å². The molecular weight excluding hydrogens is 531 g/mol. The van der Waals surface area contributed by atoms with Crippen LogP contribution >= 0.6 is 24.0 Å². The van der Waals surface area contributed by atoms with Crippen LogP contribution in [0.1, 0.15) is 44.6 Å². The first-order valence-electron chi connectivity index (χ1n) is 12.3. The molecule has 1 aromatic carbocycles. The Balaban J connectivity index is 0.00000385. The third kappa shape index (κ3) is 11.7. The number of benzene rings is 1. The summed E-state index contributed by atoms with van der Waals surface area (Å²) in [6, 6.07) is 8.86. The van der Waals surface area contributed by atoms with Crippen molar-refractivity contribution in [1.29, 1.82) is 0 Å². The number of hydrogen-bond donors (Lipinski definition) is 2. The van der Waals surface area contributed by atoms with E-state index in [2.05, 4.69) is 41.6 Å². The van der Waals surface area contributed by atoms with Gasteiger partial charge in [-0.05, 0) is 69.7 Å². The Hall–Kier alpha value is -1.10. The smallest absolute Gasteiger partial charge is 0.191 e. The number of nitrogens with zero attached hydrogens (tertiary/aromatic N) is 2. The highest BCUT2D eigenvalue weighted by Gasteiger charge is 2.20. The van der Waals surface area contributed by atoms with Gasteiger partial charge in [0.15, 0.2) is 5.96 Å². The van der Waals surface area contributed by atoms with Crippen molar-refractivity contribution in [2.75, 3.05) is 59.7 Å². The van der Waals surface area contributed by atoms with E-state index in [-0.39, 0.29) is 24.0 Å². The number of likely N-dealkylation sites (N-methyl/N-ethyl adjacent to an activating group) is 1. The third-order valence-corrected chi connectivity index (χ3v) is 6.00. The van der Waals surface area contributed by atoms with Gasteiger partial charge in [-0.15, -0.1) is 24.0 Å². The van der Waals surface area contributed by atoms with E-state index in [1.165, 1.54) is 12.8 Å². The van der Waals surface area contributed by atoms with E-state index in [0.717, 1.165) is 88.5 Å². The maximum atomic E-state index is 6.02. The second-order valence-electron chi connectivity index (χ2n) is 8.81. The lowest BCUT2D eigenvalue weighted by atomic mass is 10.1. The number of ether oxygens (including phenoxy) is 3. The lowest BCUT2D eigenvalue weighted by Crippen LogP contribution is -2.38. The average molecular weight is 575 g/mol. The van der Waals surface area contributed by atoms with Crippen molar-refractivity contribution in [1.82, 2.24) is 15.5 Å². The molecule has 2 fully saturated rings. The summed E-state index contributed by atoms with van der Waals surface area (Å²) < 4.78 is 17.2. The van der Waals surface area contributed by atoms with Crippen LogP contribution in [0.2, 0.25) is 0 Å². The zero-order valence-electron chi connectivity index (χ0n) is 20.4. The maximum Gasteiger partial charge on any atom is 0.191 e. The number of guanidine groups is 1. The Kier molecular flexibility index (Phi) is 14.1. The van der Waals surface area contributed by atoms with Crippen LogP contribution in [0.5, 0.6) is 5.75 Å². The van der Waals surface area contributed by atoms with Gasteiger partial charge in [-0.25, -0.2) is 4.99 Å². The maximum absolute atomic E-state index is 6.02. The largest absolute Gasteiger partial charge is 0.492 e. The minimum absolute atomic E-state index is 0. The molecule has 8 heteroatoms. The van der Waals surface area contributed by atoms with E-state index in [9.17, 15) is 0 Å². The van der Waals surface area contributed by atoms with Gasteiger partial charge in [0.25, 0.3) is 0 Å². The zero-order valence-corrected chi connectivity index (χ0v) is 22.7. The lowest BCUT2D eigenvalue weighted by molar-refractivity contribution is 0.0392. The first-order chi connectivity index (χ1) is 15.7. The van der Waals surface area contributed by atoms with E-state index in [4.69, 9.17) is 19.2 Å². The van der Waals surface area contributed by atoms with Crippen molar-refractivity contribution in [2.45, 2.75) is 51.6 Å². The Bertz CT molecular complexity index is 681. The van der Waals surface area contributed by atoms with Gasteiger partial charge in [0.2, 0.25) is 0 Å². The van der Waals surface area contributed by atoms with Crippen molar-refractivity contribution in [3.8, 4) is 5.75 Å². The molecule has 1 saturated heterocycles. The van der Waals surface area contributed by atoms with Gasteiger partial charge in [-0.3, -0.25) is 4.90 Å². The van der Waals surface area contributed by atoms with Crippen molar-refractivity contribution in [3.05, 3.63) is 29.8 Å². The third-order valence-electron chi connectivity index (χ3n) is 6.00. The van der Waals surface area contributed by atoms with E-state index in [1.807, 2.05) is 12.1 Å². The summed E-state index contributed by atoms with van der Waals surface area (Å²) >= 11 is 0. The fourth-order valence-corrected chi connectivity index (χ4v) is 3.78. The average Bonchev–Trinajstić information content (AvgIpc) is 3.65. The SMILES string of the molecule is CCNC(=NCc1cccc(OCCN(C)C2CCOCC2)c1)NCCCOCC1CC1.I. The van der Waals surface area contributed by atoms with Crippen molar-refractivity contribution < 1.29 is 14.2 Å². The van der Waals surface area contributed by atoms with Crippen LogP contribution in [0.15, 0.2) is 29.3 Å². The zero-order chi connectivity index (χ0) is 22.4. The van der Waals surface area contributed by atoms with E-state index >= 15 is 0 Å². The van der Waals surface area contributed by atoms with Gasteiger partial charge in [0.1, 0.15) is 12.4 Å². The quantitative estimate of drug-likeness (QED) is 0.153. The molecule has 0 bridgehead atoms. The monoisotopic (exact) mass is 574 g/mol. The Morgan fingerprint density at radius 3 is 2.73 bits per heavy atom. The first-order valence-corrected chi connectivity index (χ1v) is 12.3. The van der Waals surface area contributed by atoms with Crippen LogP contribution in [0.25, 0.3) is 0 Å². The number of rotatable bonds is 14. The van der Waals surface area contributed by atoms with Gasteiger partial charge in [0.05, 0.1) is 6.54 Å². The molecule has 1 saturated carbocycles. The van der Waals surface area contributed by atoms with Gasteiger partial charge in [0, 0.05) is 52.1 Å². The molecule has 1 heterocycles. The molecule has 7 nitrogen and oxygen atoms in total. The molecule has 0 unspecified atom stereocenters. The summed E-state index contributed by atoms with van der Waals surface area (Å²) in [5.74, 6) is 2.58. The molecule has 0 atom stereocenters. The Morgan fingerprint density at radius 1 is 1.15 bits per heavy atom. The molecule has 2 N–H and O–H groups in total. The van der Waals surface area contributed by atoms with Crippen LogP contribution in [0.4, 0.5) is 0 Å².